The molecule has 6 unspecified atom stereocenters. The summed E-state index contributed by atoms with van der Waals surface area (Å²) in [6.07, 6.45) is -4.02. The molecule has 1 N–H and O–H groups in total. The first kappa shape index (κ1) is 38.3. The third-order valence-corrected chi connectivity index (χ3v) is 9.04. The molecule has 1 aromatic heterocycles. The SMILES string of the molecule is Cc1cc(C2C(C)CC(F)CC2Cl)cc(C(/C=N/C(=O)C(CC(C)C)n2cc(CCN(C)C)c(C(F)(F)F)cc2=O)CC(=O)O)c1F. The number of carbonyl (C=O) groups is 2. The fourth-order valence-corrected chi connectivity index (χ4v) is 6.91. The van der Waals surface area contributed by atoms with Crippen molar-refractivity contribution in [3.8, 4) is 0 Å². The van der Waals surface area contributed by atoms with Gasteiger partial charge in [0.05, 0.1) is 12.0 Å². The van der Waals surface area contributed by atoms with Gasteiger partial charge in [-0.15, -0.1) is 11.6 Å². The van der Waals surface area contributed by atoms with Crippen LogP contribution in [0, 0.1) is 24.6 Å². The molecule has 1 aromatic carbocycles. The zero-order chi connectivity index (χ0) is 35.4. The summed E-state index contributed by atoms with van der Waals surface area (Å²) in [6.45, 7) is 7.15. The predicted octanol–water partition coefficient (Wildman–Crippen LogP) is 7.32. The van der Waals surface area contributed by atoms with Gasteiger partial charge in [0.1, 0.15) is 18.0 Å². The Hall–Kier alpha value is -3.12. The number of hydrogen-bond acceptors (Lipinski definition) is 4. The van der Waals surface area contributed by atoms with Crippen molar-refractivity contribution in [1.29, 1.82) is 0 Å². The van der Waals surface area contributed by atoms with Gasteiger partial charge in [-0.25, -0.2) is 13.8 Å². The van der Waals surface area contributed by atoms with Crippen molar-refractivity contribution >= 4 is 29.7 Å². The van der Waals surface area contributed by atoms with Crippen molar-refractivity contribution in [3.63, 3.8) is 0 Å². The Morgan fingerprint density at radius 3 is 2.40 bits per heavy atom. The van der Waals surface area contributed by atoms with E-state index in [9.17, 15) is 37.1 Å². The monoisotopic (exact) mass is 687 g/mol. The smallest absolute Gasteiger partial charge is 0.416 e. The molecule has 3 rings (SSSR count). The summed E-state index contributed by atoms with van der Waals surface area (Å²) in [5.41, 5.74) is -1.48. The van der Waals surface area contributed by atoms with Crippen LogP contribution in [0.15, 0.2) is 34.2 Å². The number of carboxylic acid groups (broad SMARTS) is 1. The Morgan fingerprint density at radius 2 is 1.85 bits per heavy atom. The van der Waals surface area contributed by atoms with Gasteiger partial charge in [-0.3, -0.25) is 14.4 Å². The number of aliphatic imine (C=N–C) groups is 1. The van der Waals surface area contributed by atoms with Gasteiger partial charge in [-0.2, -0.15) is 13.2 Å². The highest BCUT2D eigenvalue weighted by atomic mass is 35.5. The van der Waals surface area contributed by atoms with Gasteiger partial charge >= 0.3 is 12.1 Å². The van der Waals surface area contributed by atoms with Crippen LogP contribution in [0.2, 0.25) is 0 Å². The van der Waals surface area contributed by atoms with Crippen molar-refractivity contribution in [2.75, 3.05) is 20.6 Å². The van der Waals surface area contributed by atoms with E-state index in [1.807, 2.05) is 6.92 Å². The molecule has 0 radical (unpaired) electrons. The fraction of sp³-hybridized carbons (Fsp3) is 0.588. The Morgan fingerprint density at radius 1 is 1.19 bits per heavy atom. The fourth-order valence-electron chi connectivity index (χ4n) is 6.32. The van der Waals surface area contributed by atoms with Gasteiger partial charge in [-0.1, -0.05) is 32.9 Å². The summed E-state index contributed by atoms with van der Waals surface area (Å²) in [4.78, 5) is 44.2. The highest BCUT2D eigenvalue weighted by molar-refractivity contribution is 6.21. The lowest BCUT2D eigenvalue weighted by Crippen LogP contribution is -2.32. The highest BCUT2D eigenvalue weighted by Gasteiger charge is 2.37. The lowest BCUT2D eigenvalue weighted by Gasteiger charge is -2.36. The summed E-state index contributed by atoms with van der Waals surface area (Å²) in [5, 5.41) is 9.12. The van der Waals surface area contributed by atoms with E-state index in [4.69, 9.17) is 11.6 Å². The number of likely N-dealkylation sites (N-methyl/N-ethyl adjacent to an activating group) is 1. The van der Waals surface area contributed by atoms with E-state index >= 15 is 4.39 Å². The zero-order valence-electron chi connectivity index (χ0n) is 27.5. The predicted molar refractivity (Wildman–Crippen MR) is 172 cm³/mol. The third kappa shape index (κ3) is 9.95. The number of carboxylic acids is 1. The molecule has 0 saturated heterocycles. The van der Waals surface area contributed by atoms with Crippen molar-refractivity contribution in [2.24, 2.45) is 16.8 Å². The molecule has 7 nitrogen and oxygen atoms in total. The Balaban J connectivity index is 2.08. The summed E-state index contributed by atoms with van der Waals surface area (Å²) >= 11 is 6.55. The molecule has 0 bridgehead atoms. The summed E-state index contributed by atoms with van der Waals surface area (Å²) < 4.78 is 72.3. The average Bonchev–Trinajstić information content (AvgIpc) is 2.93. The number of aliphatic carboxylic acids is 1. The average molecular weight is 688 g/mol. The standard InChI is InChI=1S/C34H43ClF5N3O4/c1-18(2)9-28(43-17-21(7-8-42(5)6)26(15-29(43)44)34(38,39)40)33(47)41-16-23(13-30(45)46)25-12-22(10-20(4)32(25)37)31-19(3)11-24(36)14-27(31)35/h10,12,15-19,23-24,27-28,31H,7-9,11,13-14H2,1-6H3,(H,45,46)/b41-16+. The first-order valence-corrected chi connectivity index (χ1v) is 16.1. The molecule has 1 aliphatic rings. The molecular formula is C34H43ClF5N3O4. The van der Waals surface area contributed by atoms with Gasteiger partial charge in [0.25, 0.3) is 11.5 Å². The largest absolute Gasteiger partial charge is 0.481 e. The number of hydrogen-bond donors (Lipinski definition) is 1. The zero-order valence-corrected chi connectivity index (χ0v) is 28.2. The van der Waals surface area contributed by atoms with Crippen molar-refractivity contribution in [1.82, 2.24) is 9.47 Å². The second-order valence-electron chi connectivity index (χ2n) is 13.3. The van der Waals surface area contributed by atoms with Crippen LogP contribution in [0.5, 0.6) is 0 Å². The molecule has 1 heterocycles. The van der Waals surface area contributed by atoms with Crippen LogP contribution in [-0.2, 0) is 22.2 Å². The van der Waals surface area contributed by atoms with E-state index < -0.39 is 64.9 Å². The highest BCUT2D eigenvalue weighted by Crippen LogP contribution is 2.43. The van der Waals surface area contributed by atoms with Crippen LogP contribution in [0.3, 0.4) is 0 Å². The number of nitrogens with zero attached hydrogens (tertiary/aromatic N) is 3. The molecule has 1 aliphatic carbocycles. The Labute approximate surface area is 276 Å². The number of carbonyl (C=O) groups excluding carboxylic acids is 1. The number of aromatic nitrogens is 1. The van der Waals surface area contributed by atoms with Crippen LogP contribution in [-0.4, -0.2) is 64.9 Å². The minimum atomic E-state index is -4.79. The van der Waals surface area contributed by atoms with Gasteiger partial charge in [0.15, 0.2) is 0 Å². The molecular weight excluding hydrogens is 645 g/mol. The number of rotatable bonds is 12. The maximum atomic E-state index is 15.6. The number of benzene rings is 1. The Bertz CT molecular complexity index is 1510. The van der Waals surface area contributed by atoms with Gasteiger partial charge in [0.2, 0.25) is 0 Å². The quantitative estimate of drug-likeness (QED) is 0.143. The first-order valence-electron chi connectivity index (χ1n) is 15.6. The minimum absolute atomic E-state index is 0.0320. The maximum absolute atomic E-state index is 15.6. The molecule has 13 heteroatoms. The normalized spacial score (nSPS) is 21.8. The molecule has 6 atom stereocenters. The molecule has 0 spiro atoms. The number of halogens is 6. The van der Waals surface area contributed by atoms with Crippen LogP contribution in [0.4, 0.5) is 22.0 Å². The second kappa shape index (κ2) is 15.9. The van der Waals surface area contributed by atoms with Crippen molar-refractivity contribution in [2.45, 2.75) is 95.4 Å². The molecule has 2 aromatic rings. The van der Waals surface area contributed by atoms with E-state index in [0.717, 1.165) is 17.0 Å². The van der Waals surface area contributed by atoms with E-state index in [0.29, 0.717) is 11.6 Å². The maximum Gasteiger partial charge on any atom is 0.416 e. The van der Waals surface area contributed by atoms with Crippen LogP contribution < -0.4 is 5.56 Å². The van der Waals surface area contributed by atoms with E-state index in [2.05, 4.69) is 4.99 Å². The topological polar surface area (TPSA) is 92.0 Å². The number of alkyl halides is 5. The molecule has 1 fully saturated rings. The molecule has 1 saturated carbocycles. The van der Waals surface area contributed by atoms with E-state index in [-0.39, 0.29) is 66.7 Å². The summed E-state index contributed by atoms with van der Waals surface area (Å²) in [6, 6.07) is 2.28. The number of pyridine rings is 1. The minimum Gasteiger partial charge on any atom is -0.481 e. The summed E-state index contributed by atoms with van der Waals surface area (Å²) in [7, 11) is 3.39. The van der Waals surface area contributed by atoms with E-state index in [1.54, 1.807) is 38.9 Å². The molecule has 47 heavy (non-hydrogen) atoms. The third-order valence-electron chi connectivity index (χ3n) is 8.59. The molecule has 0 aliphatic heterocycles. The summed E-state index contributed by atoms with van der Waals surface area (Å²) in [5.74, 6) is -4.77. The van der Waals surface area contributed by atoms with Crippen LogP contribution in [0.1, 0.15) is 92.1 Å². The number of aryl methyl sites for hydroxylation is 1. The lowest BCUT2D eigenvalue weighted by molar-refractivity contribution is -0.138. The van der Waals surface area contributed by atoms with Crippen molar-refractivity contribution < 1.29 is 36.6 Å². The molecule has 260 valence electrons. The van der Waals surface area contributed by atoms with Gasteiger partial charge < -0.3 is 14.6 Å². The van der Waals surface area contributed by atoms with E-state index in [1.165, 1.54) is 13.0 Å². The van der Waals surface area contributed by atoms with Crippen LogP contribution in [0.25, 0.3) is 0 Å². The number of amides is 1. The van der Waals surface area contributed by atoms with Gasteiger partial charge in [0, 0.05) is 42.2 Å². The molecule has 1 amide bonds. The Kier molecular flexibility index (Phi) is 12.9. The van der Waals surface area contributed by atoms with Crippen LogP contribution >= 0.6 is 11.6 Å². The second-order valence-corrected chi connectivity index (χ2v) is 13.9. The lowest BCUT2D eigenvalue weighted by atomic mass is 9.74. The van der Waals surface area contributed by atoms with Gasteiger partial charge in [-0.05, 0) is 80.8 Å². The first-order chi connectivity index (χ1) is 21.8. The van der Waals surface area contributed by atoms with Crippen molar-refractivity contribution in [3.05, 3.63) is 68.4 Å².